The molecule has 22 heavy (non-hydrogen) atoms. The molecule has 1 aromatic carbocycles. The van der Waals surface area contributed by atoms with E-state index in [4.69, 9.17) is 24.0 Å². The summed E-state index contributed by atoms with van der Waals surface area (Å²) in [6, 6.07) is 3.10. The van der Waals surface area contributed by atoms with Crippen LogP contribution in [0.15, 0.2) is 12.1 Å². The van der Waals surface area contributed by atoms with Crippen LogP contribution in [0, 0.1) is 0 Å². The number of hydrogen-bond acceptors (Lipinski definition) is 6. The van der Waals surface area contributed by atoms with Crippen LogP contribution < -0.4 is 14.2 Å². The van der Waals surface area contributed by atoms with Gasteiger partial charge in [-0.3, -0.25) is 4.89 Å². The molecule has 0 radical (unpaired) electrons. The Labute approximate surface area is 130 Å². The van der Waals surface area contributed by atoms with Gasteiger partial charge in [-0.15, -0.1) is 0 Å². The van der Waals surface area contributed by atoms with Gasteiger partial charge in [0.15, 0.2) is 11.5 Å². The second kappa shape index (κ2) is 7.89. The van der Waals surface area contributed by atoms with Crippen LogP contribution in [0.3, 0.4) is 0 Å². The molecule has 1 saturated carbocycles. The first-order valence-electron chi connectivity index (χ1n) is 7.37. The van der Waals surface area contributed by atoms with Crippen LogP contribution in [0.2, 0.25) is 0 Å². The van der Waals surface area contributed by atoms with Crippen LogP contribution >= 0.6 is 0 Å². The number of rotatable bonds is 6. The largest absolute Gasteiger partial charge is 0.496 e. The first-order valence-corrected chi connectivity index (χ1v) is 7.37. The first-order chi connectivity index (χ1) is 10.7. The molecular formula is C16H22O6. The molecule has 0 spiro atoms. The molecule has 6 nitrogen and oxygen atoms in total. The molecule has 1 aliphatic rings. The third-order valence-corrected chi connectivity index (χ3v) is 3.74. The van der Waals surface area contributed by atoms with Crippen molar-refractivity contribution in [3.8, 4) is 17.2 Å². The number of hydrogen-bond donors (Lipinski definition) is 0. The summed E-state index contributed by atoms with van der Waals surface area (Å²) in [4.78, 5) is 22.4. The Morgan fingerprint density at radius 1 is 0.909 bits per heavy atom. The van der Waals surface area contributed by atoms with Gasteiger partial charge in [0, 0.05) is 12.1 Å². The predicted molar refractivity (Wildman–Crippen MR) is 79.5 cm³/mol. The summed E-state index contributed by atoms with van der Waals surface area (Å²) in [6.07, 6.45) is 5.21. The van der Waals surface area contributed by atoms with Gasteiger partial charge in [-0.25, -0.2) is 4.79 Å². The van der Waals surface area contributed by atoms with Gasteiger partial charge in [-0.1, -0.05) is 19.3 Å². The number of ether oxygens (including phenoxy) is 3. The zero-order chi connectivity index (χ0) is 15.9. The molecule has 0 heterocycles. The highest BCUT2D eigenvalue weighted by Crippen LogP contribution is 2.35. The van der Waals surface area contributed by atoms with Crippen LogP contribution in [0.25, 0.3) is 0 Å². The lowest BCUT2D eigenvalue weighted by molar-refractivity contribution is -0.279. The maximum Gasteiger partial charge on any atom is 0.376 e. The Morgan fingerprint density at radius 3 is 2.09 bits per heavy atom. The quantitative estimate of drug-likeness (QED) is 0.594. The van der Waals surface area contributed by atoms with E-state index in [9.17, 15) is 4.79 Å². The van der Waals surface area contributed by atoms with Crippen molar-refractivity contribution < 1.29 is 28.8 Å². The van der Waals surface area contributed by atoms with Crippen molar-refractivity contribution in [3.63, 3.8) is 0 Å². The molecule has 0 aromatic heterocycles. The van der Waals surface area contributed by atoms with Gasteiger partial charge < -0.3 is 14.2 Å². The van der Waals surface area contributed by atoms with Crippen molar-refractivity contribution in [2.45, 2.75) is 38.2 Å². The van der Waals surface area contributed by atoms with Crippen molar-refractivity contribution in [2.24, 2.45) is 0 Å². The summed E-state index contributed by atoms with van der Waals surface area (Å²) >= 11 is 0. The second-order valence-corrected chi connectivity index (χ2v) is 5.13. The SMILES string of the molecule is COc1cc(OC)c(C(=O)OOC2CCCCC2)cc1OC. The fraction of sp³-hybridized carbons (Fsp3) is 0.562. The topological polar surface area (TPSA) is 63.2 Å². The Hall–Kier alpha value is -1.95. The second-order valence-electron chi connectivity index (χ2n) is 5.13. The normalized spacial score (nSPS) is 15.2. The molecule has 0 saturated heterocycles. The highest BCUT2D eigenvalue weighted by molar-refractivity contribution is 5.93. The van der Waals surface area contributed by atoms with E-state index >= 15 is 0 Å². The minimum Gasteiger partial charge on any atom is -0.496 e. The Bertz CT molecular complexity index is 508. The Balaban J connectivity index is 2.10. The number of carbonyl (C=O) groups is 1. The van der Waals surface area contributed by atoms with Crippen molar-refractivity contribution in [2.75, 3.05) is 21.3 Å². The van der Waals surface area contributed by atoms with Crippen molar-refractivity contribution in [1.29, 1.82) is 0 Å². The maximum absolute atomic E-state index is 12.2. The zero-order valence-corrected chi connectivity index (χ0v) is 13.2. The lowest BCUT2D eigenvalue weighted by Gasteiger charge is -2.20. The van der Waals surface area contributed by atoms with Crippen LogP contribution in [-0.4, -0.2) is 33.4 Å². The average Bonchev–Trinajstić information content (AvgIpc) is 2.59. The molecule has 6 heteroatoms. The molecule has 0 bridgehead atoms. The lowest BCUT2D eigenvalue weighted by atomic mass is 9.98. The highest BCUT2D eigenvalue weighted by Gasteiger charge is 2.22. The van der Waals surface area contributed by atoms with E-state index in [2.05, 4.69) is 0 Å². The maximum atomic E-state index is 12.2. The summed E-state index contributed by atoms with van der Waals surface area (Å²) in [5.74, 6) is 0.635. The smallest absolute Gasteiger partial charge is 0.376 e. The average molecular weight is 310 g/mol. The van der Waals surface area contributed by atoms with Gasteiger partial charge in [-0.05, 0) is 12.8 Å². The molecule has 0 N–H and O–H groups in total. The fourth-order valence-electron chi connectivity index (χ4n) is 2.51. The van der Waals surface area contributed by atoms with E-state index in [0.29, 0.717) is 17.2 Å². The fourth-order valence-corrected chi connectivity index (χ4v) is 2.51. The van der Waals surface area contributed by atoms with E-state index in [1.54, 1.807) is 6.07 Å². The van der Waals surface area contributed by atoms with Crippen LogP contribution in [-0.2, 0) is 9.78 Å². The number of carbonyl (C=O) groups excluding carboxylic acids is 1. The van der Waals surface area contributed by atoms with E-state index < -0.39 is 5.97 Å². The first kappa shape index (κ1) is 16.4. The zero-order valence-electron chi connectivity index (χ0n) is 13.2. The molecule has 1 fully saturated rings. The monoisotopic (exact) mass is 310 g/mol. The Morgan fingerprint density at radius 2 is 1.50 bits per heavy atom. The molecule has 1 aliphatic carbocycles. The highest BCUT2D eigenvalue weighted by atomic mass is 17.2. The molecule has 122 valence electrons. The van der Waals surface area contributed by atoms with Crippen LogP contribution in [0.4, 0.5) is 0 Å². The minimum atomic E-state index is -0.608. The minimum absolute atomic E-state index is 0.0242. The van der Waals surface area contributed by atoms with Gasteiger partial charge >= 0.3 is 5.97 Å². The standard InChI is InChI=1S/C16H22O6/c1-18-13-10-15(20-3)14(19-2)9-12(13)16(17)22-21-11-7-5-4-6-8-11/h9-11H,4-8H2,1-3H3. The molecular weight excluding hydrogens is 288 g/mol. The van der Waals surface area contributed by atoms with Gasteiger partial charge in [0.2, 0.25) is 0 Å². The summed E-state index contributed by atoms with van der Waals surface area (Å²) in [6.45, 7) is 0. The molecule has 1 aromatic rings. The van der Waals surface area contributed by atoms with Crippen molar-refractivity contribution in [3.05, 3.63) is 17.7 Å². The van der Waals surface area contributed by atoms with E-state index in [1.807, 2.05) is 0 Å². The van der Waals surface area contributed by atoms with Gasteiger partial charge in [0.05, 0.1) is 21.3 Å². The van der Waals surface area contributed by atoms with Crippen LogP contribution in [0.1, 0.15) is 42.5 Å². The third-order valence-electron chi connectivity index (χ3n) is 3.74. The van der Waals surface area contributed by atoms with Gasteiger partial charge in [0.25, 0.3) is 0 Å². The van der Waals surface area contributed by atoms with E-state index in [0.717, 1.165) is 25.7 Å². The van der Waals surface area contributed by atoms with E-state index in [1.165, 1.54) is 33.8 Å². The van der Waals surface area contributed by atoms with Crippen molar-refractivity contribution >= 4 is 5.97 Å². The van der Waals surface area contributed by atoms with Crippen LogP contribution in [0.5, 0.6) is 17.2 Å². The summed E-state index contributed by atoms with van der Waals surface area (Å²) in [5.41, 5.74) is 0.232. The van der Waals surface area contributed by atoms with Gasteiger partial charge in [-0.2, -0.15) is 4.89 Å². The molecule has 0 unspecified atom stereocenters. The summed E-state index contributed by atoms with van der Waals surface area (Å²) in [7, 11) is 4.49. The summed E-state index contributed by atoms with van der Waals surface area (Å²) in [5, 5.41) is 0. The molecule has 2 rings (SSSR count). The molecule has 0 aliphatic heterocycles. The lowest BCUT2D eigenvalue weighted by Crippen LogP contribution is -2.19. The third kappa shape index (κ3) is 3.82. The summed E-state index contributed by atoms with van der Waals surface area (Å²) < 4.78 is 15.6. The number of methoxy groups -OCH3 is 3. The predicted octanol–water partition coefficient (Wildman–Crippen LogP) is 3.13. The molecule has 0 atom stereocenters. The number of benzene rings is 1. The Kier molecular flexibility index (Phi) is 5.89. The van der Waals surface area contributed by atoms with Crippen molar-refractivity contribution in [1.82, 2.24) is 0 Å². The van der Waals surface area contributed by atoms with E-state index in [-0.39, 0.29) is 11.7 Å². The molecule has 0 amide bonds. The van der Waals surface area contributed by atoms with Gasteiger partial charge in [0.1, 0.15) is 17.4 Å².